The molecule has 0 radical (unpaired) electrons. The molecule has 2 rings (SSSR count). The summed E-state index contributed by atoms with van der Waals surface area (Å²) in [5.74, 6) is 0.779. The molecule has 2 atom stereocenters. The third-order valence-corrected chi connectivity index (χ3v) is 4.05. The highest BCUT2D eigenvalue weighted by Gasteiger charge is 2.29. The average Bonchev–Trinajstić information content (AvgIpc) is 3.02. The molecule has 0 aromatic heterocycles. The maximum Gasteiger partial charge on any atom is 0.0726 e. The van der Waals surface area contributed by atoms with Crippen molar-refractivity contribution in [2.24, 2.45) is 5.92 Å². The number of nitrogens with one attached hydrogen (secondary N) is 1. The summed E-state index contributed by atoms with van der Waals surface area (Å²) in [4.78, 5) is 2.67. The van der Waals surface area contributed by atoms with Crippen molar-refractivity contribution in [1.29, 1.82) is 0 Å². The lowest BCUT2D eigenvalue weighted by Crippen LogP contribution is -2.42. The predicted molar refractivity (Wildman–Crippen MR) is 75.9 cm³/mol. The van der Waals surface area contributed by atoms with Gasteiger partial charge in [0.25, 0.3) is 0 Å². The number of hydrogen-bond donors (Lipinski definition) is 1. The maximum absolute atomic E-state index is 5.72. The zero-order valence-corrected chi connectivity index (χ0v) is 12.3. The molecular formula is C15H30N2O. The number of nitrogens with zero attached hydrogens (tertiary/aromatic N) is 1. The molecule has 0 bridgehead atoms. The van der Waals surface area contributed by atoms with Crippen LogP contribution in [-0.4, -0.2) is 49.3 Å². The summed E-state index contributed by atoms with van der Waals surface area (Å²) in [5.41, 5.74) is 0. The molecule has 0 aromatic carbocycles. The molecule has 1 saturated heterocycles. The van der Waals surface area contributed by atoms with Gasteiger partial charge in [-0.25, -0.2) is 0 Å². The monoisotopic (exact) mass is 254 g/mol. The van der Waals surface area contributed by atoms with E-state index in [4.69, 9.17) is 4.74 Å². The Morgan fingerprint density at radius 1 is 1.22 bits per heavy atom. The quantitative estimate of drug-likeness (QED) is 0.719. The van der Waals surface area contributed by atoms with Gasteiger partial charge >= 0.3 is 0 Å². The first kappa shape index (κ1) is 14.3. The Labute approximate surface area is 112 Å². The van der Waals surface area contributed by atoms with Crippen LogP contribution in [0.1, 0.15) is 46.5 Å². The number of rotatable bonds is 8. The van der Waals surface area contributed by atoms with Crippen LogP contribution in [0, 0.1) is 5.92 Å². The zero-order valence-electron chi connectivity index (χ0n) is 12.3. The smallest absolute Gasteiger partial charge is 0.0726 e. The molecule has 2 unspecified atom stereocenters. The second-order valence-electron chi connectivity index (χ2n) is 6.41. The van der Waals surface area contributed by atoms with Crippen LogP contribution in [-0.2, 0) is 4.74 Å². The summed E-state index contributed by atoms with van der Waals surface area (Å²) in [6, 6.07) is 1.39. The van der Waals surface area contributed by atoms with Crippen molar-refractivity contribution in [2.45, 2.75) is 64.6 Å². The molecule has 1 heterocycles. The molecule has 0 amide bonds. The Balaban J connectivity index is 1.63. The zero-order chi connectivity index (χ0) is 13.0. The van der Waals surface area contributed by atoms with Gasteiger partial charge in [0.1, 0.15) is 0 Å². The van der Waals surface area contributed by atoms with E-state index in [1.54, 1.807) is 0 Å². The highest BCUT2D eigenvalue weighted by atomic mass is 16.5. The van der Waals surface area contributed by atoms with E-state index < -0.39 is 0 Å². The summed E-state index contributed by atoms with van der Waals surface area (Å²) in [5, 5.41) is 3.64. The number of ether oxygens (including phenoxy) is 1. The van der Waals surface area contributed by atoms with Gasteiger partial charge in [-0.15, -0.1) is 0 Å². The molecule has 1 aliphatic carbocycles. The summed E-state index contributed by atoms with van der Waals surface area (Å²) in [6.45, 7) is 11.4. The lowest BCUT2D eigenvalue weighted by molar-refractivity contribution is 0.0823. The summed E-state index contributed by atoms with van der Waals surface area (Å²) in [6.07, 6.45) is 5.73. The second-order valence-corrected chi connectivity index (χ2v) is 6.41. The Morgan fingerprint density at radius 3 is 2.56 bits per heavy atom. The van der Waals surface area contributed by atoms with Gasteiger partial charge in [0, 0.05) is 38.3 Å². The van der Waals surface area contributed by atoms with Gasteiger partial charge < -0.3 is 10.1 Å². The van der Waals surface area contributed by atoms with Gasteiger partial charge in [-0.2, -0.15) is 0 Å². The first-order valence-corrected chi connectivity index (χ1v) is 7.76. The van der Waals surface area contributed by atoms with Gasteiger partial charge in [0.2, 0.25) is 0 Å². The van der Waals surface area contributed by atoms with Crippen molar-refractivity contribution in [3.63, 3.8) is 0 Å². The molecule has 1 saturated carbocycles. The van der Waals surface area contributed by atoms with Crippen molar-refractivity contribution in [3.8, 4) is 0 Å². The summed E-state index contributed by atoms with van der Waals surface area (Å²) in [7, 11) is 0. The second kappa shape index (κ2) is 6.88. The first-order valence-electron chi connectivity index (χ1n) is 7.76. The third-order valence-electron chi connectivity index (χ3n) is 4.05. The van der Waals surface area contributed by atoms with E-state index in [0.29, 0.717) is 12.1 Å². The van der Waals surface area contributed by atoms with E-state index in [-0.39, 0.29) is 0 Å². The minimum atomic E-state index is 0.449. The Kier molecular flexibility index (Phi) is 5.46. The van der Waals surface area contributed by atoms with Crippen molar-refractivity contribution in [2.75, 3.05) is 26.2 Å². The molecule has 1 aliphatic heterocycles. The highest BCUT2D eigenvalue weighted by molar-refractivity contribution is 4.85. The molecule has 0 spiro atoms. The minimum Gasteiger partial charge on any atom is -0.377 e. The molecular weight excluding hydrogens is 224 g/mol. The largest absolute Gasteiger partial charge is 0.377 e. The van der Waals surface area contributed by atoms with Crippen molar-refractivity contribution in [3.05, 3.63) is 0 Å². The Morgan fingerprint density at radius 2 is 2.00 bits per heavy atom. The highest BCUT2D eigenvalue weighted by Crippen LogP contribution is 2.27. The van der Waals surface area contributed by atoms with Crippen LogP contribution in [0.25, 0.3) is 0 Å². The first-order chi connectivity index (χ1) is 8.66. The number of hydrogen-bond acceptors (Lipinski definition) is 3. The van der Waals surface area contributed by atoms with E-state index in [1.807, 2.05) is 0 Å². The van der Waals surface area contributed by atoms with E-state index in [1.165, 1.54) is 38.8 Å². The van der Waals surface area contributed by atoms with E-state index in [9.17, 15) is 0 Å². The summed E-state index contributed by atoms with van der Waals surface area (Å²) < 4.78 is 5.72. The SMILES string of the molecule is CC(C)CN(CCNC(C)C1CCCO1)C1CC1. The van der Waals surface area contributed by atoms with Crippen LogP contribution in [0.5, 0.6) is 0 Å². The average molecular weight is 254 g/mol. The molecule has 0 aromatic rings. The lowest BCUT2D eigenvalue weighted by Gasteiger charge is -2.26. The standard InChI is InChI=1S/C15H30N2O/c1-12(2)11-17(14-6-7-14)9-8-16-13(3)15-5-4-10-18-15/h12-16H,4-11H2,1-3H3. The van der Waals surface area contributed by atoms with Crippen LogP contribution in [0.3, 0.4) is 0 Å². The molecule has 2 fully saturated rings. The molecule has 2 aliphatic rings. The van der Waals surface area contributed by atoms with Crippen LogP contribution in [0.15, 0.2) is 0 Å². The van der Waals surface area contributed by atoms with Gasteiger partial charge in [-0.1, -0.05) is 13.8 Å². The van der Waals surface area contributed by atoms with Gasteiger partial charge in [-0.05, 0) is 38.5 Å². The van der Waals surface area contributed by atoms with Gasteiger partial charge in [0.05, 0.1) is 6.10 Å². The van der Waals surface area contributed by atoms with Crippen LogP contribution >= 0.6 is 0 Å². The topological polar surface area (TPSA) is 24.5 Å². The summed E-state index contributed by atoms with van der Waals surface area (Å²) >= 11 is 0. The van der Waals surface area contributed by atoms with E-state index in [2.05, 4.69) is 31.0 Å². The van der Waals surface area contributed by atoms with E-state index in [0.717, 1.165) is 25.1 Å². The molecule has 18 heavy (non-hydrogen) atoms. The maximum atomic E-state index is 5.72. The fraction of sp³-hybridized carbons (Fsp3) is 1.00. The van der Waals surface area contributed by atoms with Crippen LogP contribution in [0.4, 0.5) is 0 Å². The fourth-order valence-electron chi connectivity index (χ4n) is 2.90. The Bertz CT molecular complexity index is 235. The van der Waals surface area contributed by atoms with Gasteiger partial charge in [-0.3, -0.25) is 4.90 Å². The van der Waals surface area contributed by atoms with Crippen LogP contribution < -0.4 is 5.32 Å². The predicted octanol–water partition coefficient (Wildman–Crippen LogP) is 2.26. The molecule has 3 heteroatoms. The lowest BCUT2D eigenvalue weighted by atomic mass is 10.1. The molecule has 1 N–H and O–H groups in total. The van der Waals surface area contributed by atoms with Gasteiger partial charge in [0.15, 0.2) is 0 Å². The Hall–Kier alpha value is -0.120. The van der Waals surface area contributed by atoms with Crippen molar-refractivity contribution >= 4 is 0 Å². The minimum absolute atomic E-state index is 0.449. The molecule has 106 valence electrons. The fourth-order valence-corrected chi connectivity index (χ4v) is 2.90. The van der Waals surface area contributed by atoms with Crippen molar-refractivity contribution < 1.29 is 4.74 Å². The normalized spacial score (nSPS) is 26.2. The van der Waals surface area contributed by atoms with E-state index >= 15 is 0 Å². The third kappa shape index (κ3) is 4.52. The van der Waals surface area contributed by atoms with Crippen LogP contribution in [0.2, 0.25) is 0 Å². The van der Waals surface area contributed by atoms with Crippen molar-refractivity contribution in [1.82, 2.24) is 10.2 Å². The molecule has 3 nitrogen and oxygen atoms in total.